The van der Waals surface area contributed by atoms with Crippen LogP contribution in [0.15, 0.2) is 53.5 Å². The zero-order valence-corrected chi connectivity index (χ0v) is 11.2. The smallest absolute Gasteiger partial charge is 0.0661 e. The van der Waals surface area contributed by atoms with Gasteiger partial charge in [0.1, 0.15) is 0 Å². The van der Waals surface area contributed by atoms with Crippen LogP contribution in [0.4, 0.5) is 5.69 Å². The van der Waals surface area contributed by atoms with E-state index < -0.39 is 0 Å². The number of rotatable bonds is 0. The monoisotopic (exact) mass is 249 g/mol. The highest BCUT2D eigenvalue weighted by molar-refractivity contribution is 5.75. The van der Waals surface area contributed by atoms with Crippen LogP contribution in [-0.4, -0.2) is 6.21 Å². The average molecular weight is 249 g/mol. The Hall–Kier alpha value is -1.89. The van der Waals surface area contributed by atoms with Crippen molar-refractivity contribution in [2.24, 2.45) is 4.99 Å². The lowest BCUT2D eigenvalue weighted by Crippen LogP contribution is -2.00. The van der Waals surface area contributed by atoms with E-state index in [1.165, 1.54) is 31.2 Å². The van der Waals surface area contributed by atoms with Gasteiger partial charge in [-0.1, -0.05) is 42.5 Å². The van der Waals surface area contributed by atoms with Crippen LogP contribution in [0.2, 0.25) is 0 Å². The summed E-state index contributed by atoms with van der Waals surface area (Å²) >= 11 is 0. The van der Waals surface area contributed by atoms with Gasteiger partial charge in [-0.05, 0) is 48.4 Å². The molecule has 1 aliphatic carbocycles. The molecule has 0 aromatic heterocycles. The summed E-state index contributed by atoms with van der Waals surface area (Å²) in [7, 11) is 0. The van der Waals surface area contributed by atoms with Gasteiger partial charge >= 0.3 is 0 Å². The summed E-state index contributed by atoms with van der Waals surface area (Å²) in [6.07, 6.45) is 8.33. The predicted molar refractivity (Wildman–Crippen MR) is 81.4 cm³/mol. The Morgan fingerprint density at radius 2 is 1.26 bits per heavy atom. The quantitative estimate of drug-likeness (QED) is 0.651. The first-order chi connectivity index (χ1) is 9.43. The third-order valence-electron chi connectivity index (χ3n) is 3.79. The number of aryl methyl sites for hydroxylation is 2. The van der Waals surface area contributed by atoms with Crippen molar-refractivity contribution < 1.29 is 0 Å². The molecule has 0 amide bonds. The van der Waals surface area contributed by atoms with Gasteiger partial charge in [0, 0.05) is 12.6 Å². The lowest BCUT2D eigenvalue weighted by Gasteiger charge is -2.13. The molecule has 1 heterocycles. The van der Waals surface area contributed by atoms with E-state index in [0.29, 0.717) is 0 Å². The van der Waals surface area contributed by atoms with E-state index in [1.807, 2.05) is 24.4 Å². The van der Waals surface area contributed by atoms with Crippen molar-refractivity contribution in [1.82, 2.24) is 0 Å². The first-order valence-electron chi connectivity index (χ1n) is 7.11. The van der Waals surface area contributed by atoms with Crippen LogP contribution in [0, 0.1) is 0 Å². The lowest BCUT2D eigenvalue weighted by molar-refractivity contribution is 0.685. The van der Waals surface area contributed by atoms with Crippen LogP contribution in [0.3, 0.4) is 0 Å². The Bertz CT molecular complexity index is 559. The summed E-state index contributed by atoms with van der Waals surface area (Å²) in [5.74, 6) is 0. The van der Waals surface area contributed by atoms with Crippen LogP contribution in [-0.2, 0) is 19.3 Å². The Morgan fingerprint density at radius 3 is 1.89 bits per heavy atom. The van der Waals surface area contributed by atoms with Crippen molar-refractivity contribution in [3.8, 4) is 0 Å². The van der Waals surface area contributed by atoms with Gasteiger partial charge in [-0.3, -0.25) is 4.99 Å². The van der Waals surface area contributed by atoms with Gasteiger partial charge < -0.3 is 0 Å². The largest absolute Gasteiger partial charge is 0.261 e. The molecule has 2 aromatic rings. The molecule has 0 unspecified atom stereocenters. The van der Waals surface area contributed by atoms with Crippen molar-refractivity contribution in [1.29, 1.82) is 0 Å². The lowest BCUT2D eigenvalue weighted by atomic mass is 9.92. The molecule has 19 heavy (non-hydrogen) atoms. The van der Waals surface area contributed by atoms with E-state index in [0.717, 1.165) is 12.1 Å². The van der Waals surface area contributed by atoms with E-state index >= 15 is 0 Å². The van der Waals surface area contributed by atoms with Crippen LogP contribution in [0.5, 0.6) is 0 Å². The Kier molecular flexibility index (Phi) is 3.73. The van der Waals surface area contributed by atoms with E-state index in [1.54, 1.807) is 11.1 Å². The van der Waals surface area contributed by atoms with Gasteiger partial charge in [0.05, 0.1) is 5.69 Å². The summed E-state index contributed by atoms with van der Waals surface area (Å²) in [5, 5.41) is 0. The number of hydrogen-bond donors (Lipinski definition) is 0. The number of fused-ring (bicyclic) bond motifs is 2. The summed E-state index contributed by atoms with van der Waals surface area (Å²) in [6.45, 7) is 0. The Balaban J connectivity index is 0.000000117. The van der Waals surface area contributed by atoms with E-state index in [-0.39, 0.29) is 0 Å². The van der Waals surface area contributed by atoms with E-state index in [2.05, 4.69) is 35.3 Å². The SMILES string of the molecule is C1=Nc2ccccc2C1.c1ccc2c(c1)CCCC2. The minimum absolute atomic E-state index is 1.01. The molecule has 0 atom stereocenters. The summed E-state index contributed by atoms with van der Waals surface area (Å²) in [6, 6.07) is 17.0. The minimum atomic E-state index is 1.01. The van der Waals surface area contributed by atoms with Crippen LogP contribution < -0.4 is 0 Å². The molecule has 0 radical (unpaired) electrons. The van der Waals surface area contributed by atoms with Crippen molar-refractivity contribution >= 4 is 11.9 Å². The molecule has 1 nitrogen and oxygen atoms in total. The third-order valence-corrected chi connectivity index (χ3v) is 3.79. The first-order valence-corrected chi connectivity index (χ1v) is 7.11. The first kappa shape index (κ1) is 12.2. The van der Waals surface area contributed by atoms with Gasteiger partial charge in [-0.25, -0.2) is 0 Å². The maximum atomic E-state index is 4.17. The molecule has 0 spiro atoms. The molecule has 2 aliphatic rings. The van der Waals surface area contributed by atoms with Gasteiger partial charge in [0.15, 0.2) is 0 Å². The molecule has 0 N–H and O–H groups in total. The fourth-order valence-corrected chi connectivity index (χ4v) is 2.73. The molecule has 0 saturated carbocycles. The van der Waals surface area contributed by atoms with Gasteiger partial charge in [0.2, 0.25) is 0 Å². The highest BCUT2D eigenvalue weighted by Crippen LogP contribution is 2.22. The molecular weight excluding hydrogens is 230 g/mol. The number of aliphatic imine (C=N–C) groups is 1. The number of benzene rings is 2. The molecule has 1 aliphatic heterocycles. The van der Waals surface area contributed by atoms with Gasteiger partial charge in [0.25, 0.3) is 0 Å². The molecule has 0 saturated heterocycles. The fraction of sp³-hybridized carbons (Fsp3) is 0.278. The Labute approximate surface area is 115 Å². The van der Waals surface area contributed by atoms with Crippen molar-refractivity contribution in [2.75, 3.05) is 0 Å². The number of para-hydroxylation sites is 1. The average Bonchev–Trinajstić information content (AvgIpc) is 2.96. The summed E-state index contributed by atoms with van der Waals surface area (Å²) in [4.78, 5) is 4.17. The van der Waals surface area contributed by atoms with Gasteiger partial charge in [-0.15, -0.1) is 0 Å². The molecule has 2 aromatic carbocycles. The molecule has 4 rings (SSSR count). The second-order valence-corrected chi connectivity index (χ2v) is 5.12. The normalized spacial score (nSPS) is 15.2. The second-order valence-electron chi connectivity index (χ2n) is 5.12. The highest BCUT2D eigenvalue weighted by atomic mass is 14.7. The van der Waals surface area contributed by atoms with E-state index in [9.17, 15) is 0 Å². The predicted octanol–water partition coefficient (Wildman–Crippen LogP) is 4.51. The maximum absolute atomic E-state index is 4.17. The topological polar surface area (TPSA) is 12.4 Å². The van der Waals surface area contributed by atoms with Crippen LogP contribution in [0.25, 0.3) is 0 Å². The molecular formula is C18H19N. The third kappa shape index (κ3) is 2.93. The maximum Gasteiger partial charge on any atom is 0.0661 e. The summed E-state index contributed by atoms with van der Waals surface area (Å²) in [5.41, 5.74) is 5.64. The zero-order valence-electron chi connectivity index (χ0n) is 11.2. The fourth-order valence-electron chi connectivity index (χ4n) is 2.73. The van der Waals surface area contributed by atoms with E-state index in [4.69, 9.17) is 0 Å². The number of nitrogens with zero attached hydrogens (tertiary/aromatic N) is 1. The molecule has 0 fully saturated rings. The van der Waals surface area contributed by atoms with Gasteiger partial charge in [-0.2, -0.15) is 0 Å². The second kappa shape index (κ2) is 5.83. The zero-order chi connectivity index (χ0) is 12.9. The summed E-state index contributed by atoms with van der Waals surface area (Å²) < 4.78 is 0. The van der Waals surface area contributed by atoms with Crippen LogP contribution in [0.1, 0.15) is 29.5 Å². The molecule has 1 heteroatoms. The van der Waals surface area contributed by atoms with Crippen molar-refractivity contribution in [3.63, 3.8) is 0 Å². The molecule has 0 bridgehead atoms. The minimum Gasteiger partial charge on any atom is -0.261 e. The number of hydrogen-bond acceptors (Lipinski definition) is 1. The highest BCUT2D eigenvalue weighted by Gasteiger charge is 2.06. The Morgan fingerprint density at radius 1 is 0.684 bits per heavy atom. The van der Waals surface area contributed by atoms with Crippen LogP contribution >= 0.6 is 0 Å². The van der Waals surface area contributed by atoms with Crippen molar-refractivity contribution in [3.05, 3.63) is 65.2 Å². The van der Waals surface area contributed by atoms with Crippen molar-refractivity contribution in [2.45, 2.75) is 32.1 Å². The standard InChI is InChI=1S/C10H12.C8H7N/c1-2-6-10-8-4-3-7-9(10)5-1;1-2-4-8-7(3-1)5-6-9-8/h1-2,5-6H,3-4,7-8H2;1-4,6H,5H2. The molecule has 96 valence electrons.